The number of rotatable bonds is 0. The van der Waals surface area contributed by atoms with E-state index in [1.807, 2.05) is 0 Å². The summed E-state index contributed by atoms with van der Waals surface area (Å²) in [6.45, 7) is 0. The molecular formula is C8H5Cl5. The van der Waals surface area contributed by atoms with Crippen molar-refractivity contribution in [3.63, 3.8) is 0 Å². The molecule has 3 aliphatic carbocycles. The maximum atomic E-state index is 6.38. The molecule has 0 amide bonds. The Morgan fingerprint density at radius 1 is 1.00 bits per heavy atom. The van der Waals surface area contributed by atoms with E-state index in [9.17, 15) is 0 Å². The van der Waals surface area contributed by atoms with E-state index in [4.69, 9.17) is 58.0 Å². The van der Waals surface area contributed by atoms with Crippen molar-refractivity contribution < 1.29 is 0 Å². The first-order valence-electron chi connectivity index (χ1n) is 4.03. The fraction of sp³-hybridized carbons (Fsp3) is 0.750. The molecule has 0 aromatic rings. The van der Waals surface area contributed by atoms with E-state index < -0.39 is 9.75 Å². The van der Waals surface area contributed by atoms with Crippen LogP contribution < -0.4 is 0 Å². The summed E-state index contributed by atoms with van der Waals surface area (Å²) in [6, 6.07) is 0. The molecule has 2 bridgehead atoms. The topological polar surface area (TPSA) is 0 Å². The highest BCUT2D eigenvalue weighted by molar-refractivity contribution is 6.55. The summed E-state index contributed by atoms with van der Waals surface area (Å²) in [4.78, 5) is -1.38. The van der Waals surface area contributed by atoms with Gasteiger partial charge in [0.15, 0.2) is 0 Å². The van der Waals surface area contributed by atoms with Gasteiger partial charge in [0, 0.05) is 0 Å². The zero-order valence-corrected chi connectivity index (χ0v) is 10.1. The molecule has 0 aliphatic heterocycles. The van der Waals surface area contributed by atoms with Crippen LogP contribution in [0.15, 0.2) is 10.1 Å². The first kappa shape index (κ1) is 9.42. The van der Waals surface area contributed by atoms with Gasteiger partial charge in [0.25, 0.3) is 0 Å². The fourth-order valence-corrected chi connectivity index (χ4v) is 5.32. The Morgan fingerprint density at radius 3 is 1.69 bits per heavy atom. The van der Waals surface area contributed by atoms with Crippen LogP contribution in [0.4, 0.5) is 0 Å². The Morgan fingerprint density at radius 2 is 1.38 bits per heavy atom. The Bertz CT molecular complexity index is 307. The van der Waals surface area contributed by atoms with Gasteiger partial charge in [-0.2, -0.15) is 0 Å². The van der Waals surface area contributed by atoms with Gasteiger partial charge in [-0.3, -0.25) is 0 Å². The van der Waals surface area contributed by atoms with E-state index in [-0.39, 0.29) is 5.38 Å². The molecule has 3 aliphatic rings. The lowest BCUT2D eigenvalue weighted by molar-refractivity contribution is 0.627. The standard InChI is InChI=1S/C8H5Cl5/c9-4-5(10)8(13)3-1-2(3)7(4,12)6(8)11/h2-3,6H,1H2/t2-,3+,6?,7-,8+. The molecule has 2 fully saturated rings. The number of fused-ring (bicyclic) bond motifs is 5. The normalized spacial score (nSPS) is 63.0. The maximum absolute atomic E-state index is 6.38. The second-order valence-electron chi connectivity index (χ2n) is 3.98. The molecule has 2 saturated carbocycles. The summed E-state index contributed by atoms with van der Waals surface area (Å²) in [5.41, 5.74) is 0. The summed E-state index contributed by atoms with van der Waals surface area (Å²) in [5, 5.41) is 0.557. The van der Waals surface area contributed by atoms with E-state index in [2.05, 4.69) is 0 Å². The van der Waals surface area contributed by atoms with Crippen LogP contribution in [-0.2, 0) is 0 Å². The van der Waals surface area contributed by atoms with Crippen molar-refractivity contribution in [2.45, 2.75) is 21.5 Å². The van der Waals surface area contributed by atoms with Gasteiger partial charge in [-0.15, -0.1) is 34.8 Å². The Kier molecular flexibility index (Phi) is 1.67. The van der Waals surface area contributed by atoms with Crippen molar-refractivity contribution >= 4 is 58.0 Å². The summed E-state index contributed by atoms with van der Waals surface area (Å²) in [6.07, 6.45) is 0.989. The van der Waals surface area contributed by atoms with Gasteiger partial charge in [-0.25, -0.2) is 0 Å². The van der Waals surface area contributed by atoms with Gasteiger partial charge in [0.2, 0.25) is 0 Å². The van der Waals surface area contributed by atoms with Crippen LogP contribution in [0.2, 0.25) is 0 Å². The van der Waals surface area contributed by atoms with E-state index in [0.717, 1.165) is 6.42 Å². The summed E-state index contributed by atoms with van der Waals surface area (Å²) in [7, 11) is 0. The highest BCUT2D eigenvalue weighted by Gasteiger charge is 2.80. The van der Waals surface area contributed by atoms with Crippen LogP contribution in [0, 0.1) is 11.8 Å². The zero-order chi connectivity index (χ0) is 9.59. The smallest absolute Gasteiger partial charge is 0.103 e. The summed E-state index contributed by atoms with van der Waals surface area (Å²) >= 11 is 31.1. The zero-order valence-electron chi connectivity index (χ0n) is 6.33. The van der Waals surface area contributed by atoms with Crippen molar-refractivity contribution in [3.05, 3.63) is 10.1 Å². The third-order valence-corrected chi connectivity index (χ3v) is 7.05. The van der Waals surface area contributed by atoms with E-state index >= 15 is 0 Å². The third kappa shape index (κ3) is 0.742. The molecule has 13 heavy (non-hydrogen) atoms. The molecule has 5 atom stereocenters. The van der Waals surface area contributed by atoms with Crippen LogP contribution in [0.1, 0.15) is 6.42 Å². The predicted molar refractivity (Wildman–Crippen MR) is 57.1 cm³/mol. The van der Waals surface area contributed by atoms with Gasteiger partial charge < -0.3 is 0 Å². The minimum absolute atomic E-state index is 0.323. The molecule has 0 aromatic heterocycles. The molecule has 1 unspecified atom stereocenters. The van der Waals surface area contributed by atoms with E-state index in [1.54, 1.807) is 0 Å². The van der Waals surface area contributed by atoms with Gasteiger partial charge in [-0.05, 0) is 18.3 Å². The number of halogens is 5. The van der Waals surface area contributed by atoms with Crippen LogP contribution in [0.5, 0.6) is 0 Å². The van der Waals surface area contributed by atoms with Crippen molar-refractivity contribution in [1.29, 1.82) is 0 Å². The Balaban J connectivity index is 2.26. The van der Waals surface area contributed by atoms with E-state index in [1.165, 1.54) is 0 Å². The largest absolute Gasteiger partial charge is 0.118 e. The molecule has 0 spiro atoms. The lowest BCUT2D eigenvalue weighted by atomic mass is 10.0. The molecule has 0 radical (unpaired) electrons. The monoisotopic (exact) mass is 276 g/mol. The molecule has 0 N–H and O–H groups in total. The SMILES string of the molecule is ClC1=C(Cl)[C@]2(Cl)C(Cl)[C@@]1(Cl)[C@@H]1C[C@@H]12. The van der Waals surface area contributed by atoms with Gasteiger partial charge in [0.05, 0.1) is 15.4 Å². The van der Waals surface area contributed by atoms with Crippen LogP contribution in [0.25, 0.3) is 0 Å². The minimum Gasteiger partial charge on any atom is -0.118 e. The third-order valence-electron chi connectivity index (χ3n) is 3.47. The summed E-state index contributed by atoms with van der Waals surface area (Å²) < 4.78 is 0. The first-order valence-corrected chi connectivity index (χ1v) is 5.98. The van der Waals surface area contributed by atoms with Gasteiger partial charge in [0.1, 0.15) is 9.75 Å². The lowest BCUT2D eigenvalue weighted by Gasteiger charge is -2.25. The molecule has 3 rings (SSSR count). The lowest BCUT2D eigenvalue weighted by Crippen LogP contribution is -2.36. The van der Waals surface area contributed by atoms with Gasteiger partial charge in [-0.1, -0.05) is 23.2 Å². The average molecular weight is 278 g/mol. The molecule has 72 valence electrons. The van der Waals surface area contributed by atoms with Crippen LogP contribution >= 0.6 is 58.0 Å². The second kappa shape index (κ2) is 2.30. The van der Waals surface area contributed by atoms with Crippen molar-refractivity contribution in [1.82, 2.24) is 0 Å². The average Bonchev–Trinajstić information content (AvgIpc) is 2.84. The molecule has 5 heteroatoms. The Hall–Kier alpha value is 1.19. The predicted octanol–water partition coefficient (Wildman–Crippen LogP) is 3.90. The van der Waals surface area contributed by atoms with Crippen molar-refractivity contribution in [3.8, 4) is 0 Å². The molecule has 0 nitrogen and oxygen atoms in total. The molecule has 0 heterocycles. The van der Waals surface area contributed by atoms with Crippen molar-refractivity contribution in [2.75, 3.05) is 0 Å². The second-order valence-corrected chi connectivity index (χ2v) is 6.42. The van der Waals surface area contributed by atoms with Gasteiger partial charge >= 0.3 is 0 Å². The minimum atomic E-state index is -0.688. The first-order chi connectivity index (χ1) is 5.95. The quantitative estimate of drug-likeness (QED) is 0.590. The van der Waals surface area contributed by atoms with Crippen LogP contribution in [-0.4, -0.2) is 15.1 Å². The maximum Gasteiger partial charge on any atom is 0.103 e. The highest BCUT2D eigenvalue weighted by atomic mass is 35.5. The number of alkyl halides is 3. The number of allylic oxidation sites excluding steroid dienone is 2. The summed E-state index contributed by atoms with van der Waals surface area (Å²) in [5.74, 6) is 0.647. The molecule has 0 aromatic carbocycles. The van der Waals surface area contributed by atoms with Crippen molar-refractivity contribution in [2.24, 2.45) is 11.8 Å². The number of hydrogen-bond donors (Lipinski definition) is 0. The molecular weight excluding hydrogens is 273 g/mol. The van der Waals surface area contributed by atoms with E-state index in [0.29, 0.717) is 21.9 Å². The highest BCUT2D eigenvalue weighted by Crippen LogP contribution is 2.78. The van der Waals surface area contributed by atoms with Crippen LogP contribution in [0.3, 0.4) is 0 Å². The fourth-order valence-electron chi connectivity index (χ4n) is 2.69. The molecule has 0 saturated heterocycles. The number of hydrogen-bond acceptors (Lipinski definition) is 0. The Labute approximate surface area is 101 Å².